The highest BCUT2D eigenvalue weighted by atomic mass is 16.5. The molecule has 5 nitrogen and oxygen atoms in total. The lowest BCUT2D eigenvalue weighted by atomic mass is 10.3. The molecular formula is C7H14N2O3. The Morgan fingerprint density at radius 2 is 2.33 bits per heavy atom. The van der Waals surface area contributed by atoms with Crippen LogP contribution in [0.4, 0.5) is 0 Å². The first-order chi connectivity index (χ1) is 5.72. The first kappa shape index (κ1) is 10.9. The third kappa shape index (κ3) is 4.68. The highest BCUT2D eigenvalue weighted by Gasteiger charge is 2.09. The molecule has 0 aromatic heterocycles. The summed E-state index contributed by atoms with van der Waals surface area (Å²) < 4.78 is 4.73. The van der Waals surface area contributed by atoms with Gasteiger partial charge in [-0.05, 0) is 6.92 Å². The van der Waals surface area contributed by atoms with E-state index in [4.69, 9.17) is 4.74 Å². The summed E-state index contributed by atoms with van der Waals surface area (Å²) >= 11 is 0. The summed E-state index contributed by atoms with van der Waals surface area (Å²) in [6.07, 6.45) is 0.501. The van der Waals surface area contributed by atoms with Gasteiger partial charge in [-0.2, -0.15) is 0 Å². The second kappa shape index (κ2) is 6.60. The molecule has 0 aliphatic carbocycles. The molecule has 1 unspecified atom stereocenters. The van der Waals surface area contributed by atoms with Crippen LogP contribution in [0.2, 0.25) is 0 Å². The largest absolute Gasteiger partial charge is 0.383 e. The molecule has 0 rings (SSSR count). The van der Waals surface area contributed by atoms with Crippen molar-refractivity contribution in [3.8, 4) is 0 Å². The van der Waals surface area contributed by atoms with Gasteiger partial charge in [0.1, 0.15) is 6.04 Å². The van der Waals surface area contributed by atoms with Crippen LogP contribution in [0.1, 0.15) is 6.92 Å². The molecule has 0 aliphatic rings. The molecule has 1 atom stereocenters. The van der Waals surface area contributed by atoms with E-state index in [0.717, 1.165) is 0 Å². The van der Waals surface area contributed by atoms with Gasteiger partial charge in [0, 0.05) is 13.7 Å². The van der Waals surface area contributed by atoms with Gasteiger partial charge in [-0.15, -0.1) is 0 Å². The zero-order valence-corrected chi connectivity index (χ0v) is 7.29. The number of amides is 2. The van der Waals surface area contributed by atoms with Gasteiger partial charge in [-0.1, -0.05) is 0 Å². The summed E-state index contributed by atoms with van der Waals surface area (Å²) in [6.45, 7) is 2.54. The van der Waals surface area contributed by atoms with Crippen molar-refractivity contribution in [3.63, 3.8) is 0 Å². The standard InChI is InChI=1S/C7H14N2O3/c1-6(9-5-10)7(11)8-3-4-12-2/h5-6H,3-4H2,1-2H3,(H,8,11)(H,9,10). The third-order valence-corrected chi connectivity index (χ3v) is 1.32. The van der Waals surface area contributed by atoms with E-state index in [1.165, 1.54) is 0 Å². The van der Waals surface area contributed by atoms with E-state index in [-0.39, 0.29) is 5.91 Å². The fourth-order valence-corrected chi connectivity index (χ4v) is 0.607. The molecule has 5 heteroatoms. The molecule has 2 N–H and O–H groups in total. The quantitative estimate of drug-likeness (QED) is 0.396. The Hall–Kier alpha value is -1.10. The summed E-state index contributed by atoms with van der Waals surface area (Å²) in [6, 6.07) is -0.487. The van der Waals surface area contributed by atoms with Crippen molar-refractivity contribution in [3.05, 3.63) is 0 Å². The lowest BCUT2D eigenvalue weighted by Crippen LogP contribution is -2.42. The van der Waals surface area contributed by atoms with Gasteiger partial charge in [0.15, 0.2) is 0 Å². The SMILES string of the molecule is COCCNC(=O)C(C)NC=O. The number of ether oxygens (including phenoxy) is 1. The zero-order valence-electron chi connectivity index (χ0n) is 7.29. The number of carbonyl (C=O) groups excluding carboxylic acids is 2. The van der Waals surface area contributed by atoms with E-state index in [2.05, 4.69) is 10.6 Å². The molecule has 0 aliphatic heterocycles. The minimum atomic E-state index is -0.487. The van der Waals surface area contributed by atoms with Crippen LogP contribution >= 0.6 is 0 Å². The first-order valence-electron chi connectivity index (χ1n) is 3.68. The molecule has 0 spiro atoms. The van der Waals surface area contributed by atoms with Gasteiger partial charge in [0.2, 0.25) is 12.3 Å². The van der Waals surface area contributed by atoms with Crippen LogP contribution in [0, 0.1) is 0 Å². The van der Waals surface area contributed by atoms with Crippen LogP contribution in [0.25, 0.3) is 0 Å². The Labute approximate surface area is 71.5 Å². The van der Waals surface area contributed by atoms with Gasteiger partial charge in [0.25, 0.3) is 0 Å². The van der Waals surface area contributed by atoms with Gasteiger partial charge >= 0.3 is 0 Å². The molecule has 0 radical (unpaired) electrons. The molecule has 70 valence electrons. The lowest BCUT2D eigenvalue weighted by molar-refractivity contribution is -0.125. The average Bonchev–Trinajstić information content (AvgIpc) is 2.05. The Bertz CT molecular complexity index is 150. The number of rotatable bonds is 6. The van der Waals surface area contributed by atoms with E-state index in [0.29, 0.717) is 19.6 Å². The predicted octanol–water partition coefficient (Wildman–Crippen LogP) is -1.12. The summed E-state index contributed by atoms with van der Waals surface area (Å²) in [7, 11) is 1.55. The summed E-state index contributed by atoms with van der Waals surface area (Å²) in [5.41, 5.74) is 0. The van der Waals surface area contributed by atoms with Gasteiger partial charge < -0.3 is 15.4 Å². The third-order valence-electron chi connectivity index (χ3n) is 1.32. The van der Waals surface area contributed by atoms with E-state index in [1.54, 1.807) is 14.0 Å². The maximum Gasteiger partial charge on any atom is 0.242 e. The van der Waals surface area contributed by atoms with Crippen molar-refractivity contribution < 1.29 is 14.3 Å². The second-order valence-electron chi connectivity index (χ2n) is 2.29. The minimum Gasteiger partial charge on any atom is -0.383 e. The molecule has 12 heavy (non-hydrogen) atoms. The minimum absolute atomic E-state index is 0.209. The van der Waals surface area contributed by atoms with Crippen molar-refractivity contribution in [2.75, 3.05) is 20.3 Å². The molecular weight excluding hydrogens is 160 g/mol. The monoisotopic (exact) mass is 174 g/mol. The molecule has 0 fully saturated rings. The smallest absolute Gasteiger partial charge is 0.242 e. The Balaban J connectivity index is 3.49. The average molecular weight is 174 g/mol. The highest BCUT2D eigenvalue weighted by molar-refractivity contribution is 5.83. The van der Waals surface area contributed by atoms with Crippen molar-refractivity contribution in [2.45, 2.75) is 13.0 Å². The Kier molecular flexibility index (Phi) is 6.00. The topological polar surface area (TPSA) is 67.4 Å². The van der Waals surface area contributed by atoms with E-state index < -0.39 is 6.04 Å². The second-order valence-corrected chi connectivity index (χ2v) is 2.29. The predicted molar refractivity (Wildman–Crippen MR) is 43.5 cm³/mol. The Morgan fingerprint density at radius 3 is 2.83 bits per heavy atom. The lowest BCUT2D eigenvalue weighted by Gasteiger charge is -2.09. The number of nitrogens with one attached hydrogen (secondary N) is 2. The van der Waals surface area contributed by atoms with Crippen molar-refractivity contribution >= 4 is 12.3 Å². The van der Waals surface area contributed by atoms with Crippen molar-refractivity contribution in [1.29, 1.82) is 0 Å². The van der Waals surface area contributed by atoms with Crippen molar-refractivity contribution in [1.82, 2.24) is 10.6 Å². The van der Waals surface area contributed by atoms with Crippen LogP contribution in [-0.2, 0) is 14.3 Å². The number of hydrogen-bond acceptors (Lipinski definition) is 3. The zero-order chi connectivity index (χ0) is 9.40. The normalized spacial score (nSPS) is 11.8. The molecule has 2 amide bonds. The van der Waals surface area contributed by atoms with Crippen LogP contribution in [0.3, 0.4) is 0 Å². The van der Waals surface area contributed by atoms with Crippen LogP contribution < -0.4 is 10.6 Å². The van der Waals surface area contributed by atoms with Crippen LogP contribution in [0.15, 0.2) is 0 Å². The molecule has 0 bridgehead atoms. The van der Waals surface area contributed by atoms with Crippen molar-refractivity contribution in [2.24, 2.45) is 0 Å². The van der Waals surface area contributed by atoms with Gasteiger partial charge in [-0.3, -0.25) is 9.59 Å². The van der Waals surface area contributed by atoms with Gasteiger partial charge in [0.05, 0.1) is 6.61 Å². The number of hydrogen-bond donors (Lipinski definition) is 2. The number of methoxy groups -OCH3 is 1. The summed E-state index contributed by atoms with van der Waals surface area (Å²) in [5, 5.41) is 4.92. The fourth-order valence-electron chi connectivity index (χ4n) is 0.607. The first-order valence-corrected chi connectivity index (χ1v) is 3.68. The highest BCUT2D eigenvalue weighted by Crippen LogP contribution is 1.78. The molecule has 0 aromatic carbocycles. The number of carbonyl (C=O) groups is 2. The summed E-state index contributed by atoms with van der Waals surface area (Å²) in [5.74, 6) is -0.209. The molecule has 0 heterocycles. The molecule has 0 saturated heterocycles. The maximum absolute atomic E-state index is 11.0. The maximum atomic E-state index is 11.0. The van der Waals surface area contributed by atoms with Gasteiger partial charge in [-0.25, -0.2) is 0 Å². The van der Waals surface area contributed by atoms with E-state index in [1.807, 2.05) is 0 Å². The van der Waals surface area contributed by atoms with Crippen LogP contribution in [-0.4, -0.2) is 38.6 Å². The summed E-state index contributed by atoms with van der Waals surface area (Å²) in [4.78, 5) is 21.0. The van der Waals surface area contributed by atoms with E-state index in [9.17, 15) is 9.59 Å². The molecule has 0 saturated carbocycles. The van der Waals surface area contributed by atoms with E-state index >= 15 is 0 Å². The fraction of sp³-hybridized carbons (Fsp3) is 0.714. The van der Waals surface area contributed by atoms with Crippen LogP contribution in [0.5, 0.6) is 0 Å². The Morgan fingerprint density at radius 1 is 1.67 bits per heavy atom. The molecule has 0 aromatic rings.